The molecular weight excluding hydrogens is 831 g/mol. The van der Waals surface area contributed by atoms with E-state index >= 15 is 0 Å². The molecule has 2 fully saturated rings. The van der Waals surface area contributed by atoms with Gasteiger partial charge in [0.25, 0.3) is 11.8 Å². The Morgan fingerprint density at radius 2 is 1.42 bits per heavy atom. The zero-order valence-electron chi connectivity index (χ0n) is 29.2. The van der Waals surface area contributed by atoms with Crippen molar-refractivity contribution >= 4 is 56.4 Å². The summed E-state index contributed by atoms with van der Waals surface area (Å²) in [7, 11) is -1.38. The predicted molar refractivity (Wildman–Crippen MR) is 194 cm³/mol. The standard InChI is InChI=1S/C18H17BrF2N2O2.C12H14F2N2O2.C6H6BBrO2/c1-3-25-16(24)15-12-8-14-17(2,18(14,20)21)9-13(12)23(22-15)11-6-4-5-10(19)7-11;1-3-18-10(17)9-6-4-8-11(2,12(8,13)14)5-7(6)15-16-9;8-6-3-1-2-5(4-6)7(9)10/h4-7,14H,3,8-9H2,1-2H3;8H,3-5H2,1-2H3,(H,15,16);1-4,9-10H. The van der Waals surface area contributed by atoms with Crippen molar-refractivity contribution in [3.63, 3.8) is 0 Å². The second kappa shape index (κ2) is 14.3. The maximum absolute atomic E-state index is 14.3. The van der Waals surface area contributed by atoms with E-state index < -0.39 is 53.6 Å². The highest BCUT2D eigenvalue weighted by atomic mass is 79.9. The Hall–Kier alpha value is -3.54. The van der Waals surface area contributed by atoms with Gasteiger partial charge in [-0.25, -0.2) is 31.8 Å². The van der Waals surface area contributed by atoms with E-state index in [0.29, 0.717) is 28.0 Å². The second-order valence-corrected chi connectivity index (χ2v) is 15.8. The lowest BCUT2D eigenvalue weighted by atomic mass is 9.81. The monoisotopic (exact) mass is 866 g/mol. The first kappa shape index (κ1) is 39.2. The first-order chi connectivity index (χ1) is 24.9. The fraction of sp³-hybridized carbons (Fsp3) is 0.444. The minimum atomic E-state index is -2.71. The number of hydrogen-bond donors (Lipinski definition) is 3. The largest absolute Gasteiger partial charge is 0.488 e. The van der Waals surface area contributed by atoms with Gasteiger partial charge in [-0.05, 0) is 62.5 Å². The number of ether oxygens (including phenoxy) is 2. The van der Waals surface area contributed by atoms with Crippen LogP contribution in [0.1, 0.15) is 71.2 Å². The van der Waals surface area contributed by atoms with Crippen molar-refractivity contribution in [2.75, 3.05) is 13.2 Å². The first-order valence-electron chi connectivity index (χ1n) is 17.1. The summed E-state index contributed by atoms with van der Waals surface area (Å²) in [4.78, 5) is 23.9. The van der Waals surface area contributed by atoms with Gasteiger partial charge in [0.1, 0.15) is 0 Å². The third-order valence-electron chi connectivity index (χ3n) is 10.8. The molecule has 2 aromatic heterocycles. The van der Waals surface area contributed by atoms with Crippen molar-refractivity contribution in [3.05, 3.63) is 91.4 Å². The van der Waals surface area contributed by atoms with E-state index in [1.165, 1.54) is 0 Å². The van der Waals surface area contributed by atoms with Crippen molar-refractivity contribution in [2.45, 2.75) is 65.2 Å². The number of benzene rings is 2. The van der Waals surface area contributed by atoms with E-state index in [1.54, 1.807) is 50.6 Å². The van der Waals surface area contributed by atoms with Crippen molar-refractivity contribution in [1.29, 1.82) is 0 Å². The van der Waals surface area contributed by atoms with Crippen LogP contribution in [0.2, 0.25) is 0 Å². The maximum atomic E-state index is 14.3. The van der Waals surface area contributed by atoms with Crippen LogP contribution in [0.25, 0.3) is 5.69 Å². The van der Waals surface area contributed by atoms with E-state index in [9.17, 15) is 27.2 Å². The van der Waals surface area contributed by atoms with E-state index in [-0.39, 0.29) is 50.3 Å². The zero-order valence-corrected chi connectivity index (χ0v) is 32.4. The van der Waals surface area contributed by atoms with Gasteiger partial charge in [0.2, 0.25) is 0 Å². The smallest absolute Gasteiger partial charge is 0.461 e. The van der Waals surface area contributed by atoms with Crippen LogP contribution < -0.4 is 5.46 Å². The Labute approximate surface area is 320 Å². The molecule has 0 saturated heterocycles. The fourth-order valence-corrected chi connectivity index (χ4v) is 8.33. The molecule has 0 bridgehead atoms. The molecule has 0 amide bonds. The Kier molecular flexibility index (Phi) is 10.5. The summed E-state index contributed by atoms with van der Waals surface area (Å²) >= 11 is 6.62. The first-order valence-corrected chi connectivity index (χ1v) is 18.6. The molecule has 17 heteroatoms. The van der Waals surface area contributed by atoms with E-state index in [1.807, 2.05) is 30.3 Å². The molecule has 2 heterocycles. The highest BCUT2D eigenvalue weighted by molar-refractivity contribution is 9.10. The Balaban J connectivity index is 0.000000149. The SMILES string of the molecule is CCOC(=O)c1n[nH]c2c1CC1C(F)(F)C1(C)C2.CCOC(=O)c1nn(-c2cccc(Br)c2)c2c1CC1C(F)(F)C1(C)C2.OB(O)c1cccc(Br)c1. The van der Waals surface area contributed by atoms with Gasteiger partial charge in [0.05, 0.1) is 18.9 Å². The number of carbonyl (C=O) groups is 2. The summed E-state index contributed by atoms with van der Waals surface area (Å²) in [5.74, 6) is -7.86. The van der Waals surface area contributed by atoms with Crippen LogP contribution in [0.15, 0.2) is 57.5 Å². The van der Waals surface area contributed by atoms with Crippen molar-refractivity contribution < 1.29 is 46.7 Å². The van der Waals surface area contributed by atoms with Gasteiger partial charge in [0.15, 0.2) is 11.4 Å². The van der Waals surface area contributed by atoms with Crippen molar-refractivity contribution in [3.8, 4) is 5.69 Å². The molecule has 53 heavy (non-hydrogen) atoms. The molecule has 4 unspecified atom stereocenters. The number of halogens is 6. The number of hydrogen-bond acceptors (Lipinski definition) is 8. The summed E-state index contributed by atoms with van der Waals surface area (Å²) in [6.07, 6.45) is 0.787. The third-order valence-corrected chi connectivity index (χ3v) is 11.8. The Bertz CT molecular complexity index is 2060. The van der Waals surface area contributed by atoms with Gasteiger partial charge in [-0.2, -0.15) is 10.2 Å². The zero-order chi connectivity index (χ0) is 38.7. The highest BCUT2D eigenvalue weighted by Crippen LogP contribution is 2.71. The topological polar surface area (TPSA) is 140 Å². The molecule has 8 rings (SSSR count). The molecule has 0 radical (unpaired) electrons. The number of carbonyl (C=O) groups excluding carboxylic acids is 2. The Morgan fingerprint density at radius 1 is 0.868 bits per heavy atom. The molecule has 3 N–H and O–H groups in total. The number of esters is 2. The third kappa shape index (κ3) is 6.86. The second-order valence-electron chi connectivity index (χ2n) is 14.0. The van der Waals surface area contributed by atoms with E-state index in [0.717, 1.165) is 14.6 Å². The number of aromatic nitrogens is 4. The number of alkyl halides is 4. The highest BCUT2D eigenvalue weighted by Gasteiger charge is 2.79. The minimum absolute atomic E-state index is 0.154. The van der Waals surface area contributed by atoms with Crippen molar-refractivity contribution in [1.82, 2.24) is 20.0 Å². The molecule has 0 aliphatic heterocycles. The Morgan fingerprint density at radius 3 is 1.96 bits per heavy atom. The lowest BCUT2D eigenvalue weighted by Crippen LogP contribution is -2.29. The predicted octanol–water partition coefficient (Wildman–Crippen LogP) is 6.27. The minimum Gasteiger partial charge on any atom is -0.461 e. The number of nitrogens with zero attached hydrogens (tertiary/aromatic N) is 3. The molecule has 2 saturated carbocycles. The molecule has 2 aromatic carbocycles. The van der Waals surface area contributed by atoms with Crippen LogP contribution in [-0.4, -0.2) is 74.1 Å². The average molecular weight is 868 g/mol. The van der Waals surface area contributed by atoms with Crippen molar-refractivity contribution in [2.24, 2.45) is 22.7 Å². The summed E-state index contributed by atoms with van der Waals surface area (Å²) in [5.41, 5.74) is 2.03. The number of H-pyrrole nitrogens is 1. The van der Waals surface area contributed by atoms with E-state index in [4.69, 9.17) is 19.5 Å². The molecule has 4 aromatic rings. The average Bonchev–Trinajstić information content (AvgIpc) is 3.47. The normalized spacial score (nSPS) is 24.7. The summed E-state index contributed by atoms with van der Waals surface area (Å²) < 4.78 is 69.1. The fourth-order valence-electron chi connectivity index (χ4n) is 7.53. The van der Waals surface area contributed by atoms with Crippen LogP contribution in [0.4, 0.5) is 17.6 Å². The number of nitrogens with one attached hydrogen (secondary N) is 1. The number of rotatable bonds is 6. The van der Waals surface area contributed by atoms with Gasteiger partial charge in [-0.1, -0.05) is 63.9 Å². The lowest BCUT2D eigenvalue weighted by molar-refractivity contribution is 0.0507. The summed E-state index contributed by atoms with van der Waals surface area (Å²) in [5, 5.41) is 28.4. The van der Waals surface area contributed by atoms with E-state index in [2.05, 4.69) is 47.2 Å². The molecule has 4 aliphatic rings. The van der Waals surface area contributed by atoms with Crippen LogP contribution in [0.5, 0.6) is 0 Å². The quantitative estimate of drug-likeness (QED) is 0.117. The van der Waals surface area contributed by atoms with Gasteiger partial charge < -0.3 is 19.5 Å². The molecule has 0 spiro atoms. The number of fused-ring (bicyclic) bond motifs is 4. The summed E-state index contributed by atoms with van der Waals surface area (Å²) in [6.45, 7) is 7.08. The van der Waals surface area contributed by atoms with Crippen LogP contribution in [0.3, 0.4) is 0 Å². The molecule has 10 nitrogen and oxygen atoms in total. The van der Waals surface area contributed by atoms with Crippen LogP contribution in [-0.2, 0) is 35.2 Å². The summed E-state index contributed by atoms with van der Waals surface area (Å²) in [6, 6.07) is 14.3. The lowest BCUT2D eigenvalue weighted by Gasteiger charge is -2.18. The van der Waals surface area contributed by atoms with Gasteiger partial charge in [0, 0.05) is 67.0 Å². The van der Waals surface area contributed by atoms with Crippen LogP contribution >= 0.6 is 31.9 Å². The maximum Gasteiger partial charge on any atom is 0.488 e. The van der Waals surface area contributed by atoms with Gasteiger partial charge in [-0.3, -0.25) is 5.10 Å². The molecule has 282 valence electrons. The van der Waals surface area contributed by atoms with Crippen LogP contribution in [0, 0.1) is 22.7 Å². The number of aromatic amines is 1. The molecule has 4 aliphatic carbocycles. The molecular formula is C36H37BBr2F4N4O6. The molecule has 4 atom stereocenters. The van der Waals surface area contributed by atoms with Gasteiger partial charge in [-0.15, -0.1) is 0 Å². The van der Waals surface area contributed by atoms with Gasteiger partial charge >= 0.3 is 19.1 Å².